The van der Waals surface area contributed by atoms with Crippen molar-refractivity contribution in [2.75, 3.05) is 12.4 Å². The first kappa shape index (κ1) is 26.5. The monoisotopic (exact) mass is 510 g/mol. The number of aromatic nitrogens is 1. The van der Waals surface area contributed by atoms with Crippen molar-refractivity contribution in [1.29, 1.82) is 0 Å². The van der Waals surface area contributed by atoms with Gasteiger partial charge < -0.3 is 21.5 Å². The van der Waals surface area contributed by atoms with Crippen LogP contribution in [0.1, 0.15) is 52.7 Å². The number of nitrogens with two attached hydrogens (primary N) is 2. The maximum atomic E-state index is 13.4. The van der Waals surface area contributed by atoms with Gasteiger partial charge in [0, 0.05) is 28.6 Å². The summed E-state index contributed by atoms with van der Waals surface area (Å²) in [6, 6.07) is 17.9. The number of pyridine rings is 1. The molecule has 4 rings (SSSR count). The van der Waals surface area contributed by atoms with Crippen LogP contribution in [0.5, 0.6) is 5.75 Å². The lowest BCUT2D eigenvalue weighted by Gasteiger charge is -2.23. The van der Waals surface area contributed by atoms with Crippen molar-refractivity contribution in [2.45, 2.75) is 32.7 Å². The van der Waals surface area contributed by atoms with E-state index >= 15 is 0 Å². The summed E-state index contributed by atoms with van der Waals surface area (Å²) in [5.41, 5.74) is 14.7. The SMILES string of the molecule is CCc1ccc(-c2ccc(C(=O)C(=O)Nc3cc(C(C)(C)N)cc(C(N)=O)c3OC)c3ccccc23)cn1. The number of ether oxygens (including phenoxy) is 1. The average molecular weight is 511 g/mol. The van der Waals surface area contributed by atoms with Crippen LogP contribution in [0.3, 0.4) is 0 Å². The molecule has 8 nitrogen and oxygen atoms in total. The predicted molar refractivity (Wildman–Crippen MR) is 148 cm³/mol. The summed E-state index contributed by atoms with van der Waals surface area (Å²) in [4.78, 5) is 43.2. The van der Waals surface area contributed by atoms with Crippen LogP contribution in [0.2, 0.25) is 0 Å². The molecule has 2 amide bonds. The van der Waals surface area contributed by atoms with E-state index in [1.165, 1.54) is 13.2 Å². The molecule has 0 spiro atoms. The lowest BCUT2D eigenvalue weighted by molar-refractivity contribution is -0.112. The van der Waals surface area contributed by atoms with E-state index in [0.717, 1.165) is 28.6 Å². The summed E-state index contributed by atoms with van der Waals surface area (Å²) in [7, 11) is 1.35. The second-order valence-electron chi connectivity index (χ2n) is 9.57. The second-order valence-corrected chi connectivity index (χ2v) is 9.57. The third-order valence-corrected chi connectivity index (χ3v) is 6.42. The van der Waals surface area contributed by atoms with E-state index in [-0.39, 0.29) is 22.6 Å². The van der Waals surface area contributed by atoms with Crippen LogP contribution in [-0.2, 0) is 16.8 Å². The van der Waals surface area contributed by atoms with E-state index in [4.69, 9.17) is 16.2 Å². The first-order chi connectivity index (χ1) is 18.0. The number of anilines is 1. The van der Waals surface area contributed by atoms with Crippen LogP contribution >= 0.6 is 0 Å². The Hall–Kier alpha value is -4.56. The number of rotatable bonds is 8. The van der Waals surface area contributed by atoms with Crippen molar-refractivity contribution < 1.29 is 19.1 Å². The van der Waals surface area contributed by atoms with Crippen molar-refractivity contribution >= 4 is 34.1 Å². The Balaban J connectivity index is 1.75. The summed E-state index contributed by atoms with van der Waals surface area (Å²) < 4.78 is 5.37. The summed E-state index contributed by atoms with van der Waals surface area (Å²) in [6.07, 6.45) is 2.64. The normalized spacial score (nSPS) is 11.3. The number of carbonyl (C=O) groups is 3. The molecular formula is C30H30N4O4. The highest BCUT2D eigenvalue weighted by Gasteiger charge is 2.26. The van der Waals surface area contributed by atoms with Crippen molar-refractivity contribution in [3.05, 3.63) is 89.2 Å². The molecule has 38 heavy (non-hydrogen) atoms. The molecule has 0 aliphatic carbocycles. The number of hydrogen-bond acceptors (Lipinski definition) is 6. The van der Waals surface area contributed by atoms with Gasteiger partial charge in [0.25, 0.3) is 17.6 Å². The highest BCUT2D eigenvalue weighted by Crippen LogP contribution is 2.35. The van der Waals surface area contributed by atoms with Gasteiger partial charge in [-0.25, -0.2) is 0 Å². The topological polar surface area (TPSA) is 137 Å². The number of nitrogens with zero attached hydrogens (tertiary/aromatic N) is 1. The smallest absolute Gasteiger partial charge is 0.296 e. The number of primary amides is 1. The quantitative estimate of drug-likeness (QED) is 0.234. The molecule has 0 saturated heterocycles. The number of nitrogens with one attached hydrogen (secondary N) is 1. The fraction of sp³-hybridized carbons (Fsp3) is 0.200. The van der Waals surface area contributed by atoms with Gasteiger partial charge in [-0.05, 0) is 66.4 Å². The fourth-order valence-corrected chi connectivity index (χ4v) is 4.34. The number of aryl methyl sites for hydroxylation is 1. The molecule has 1 heterocycles. The molecule has 8 heteroatoms. The van der Waals surface area contributed by atoms with Gasteiger partial charge in [-0.15, -0.1) is 0 Å². The van der Waals surface area contributed by atoms with Crippen LogP contribution in [0.15, 0.2) is 66.9 Å². The number of amides is 2. The van der Waals surface area contributed by atoms with Gasteiger partial charge in [-0.3, -0.25) is 19.4 Å². The fourth-order valence-electron chi connectivity index (χ4n) is 4.34. The Morgan fingerprint density at radius 3 is 2.26 bits per heavy atom. The molecule has 4 aromatic rings. The Kier molecular flexibility index (Phi) is 7.28. The molecular weight excluding hydrogens is 480 g/mol. The molecule has 0 saturated carbocycles. The number of methoxy groups -OCH3 is 1. The zero-order chi connectivity index (χ0) is 27.6. The van der Waals surface area contributed by atoms with Gasteiger partial charge in [0.15, 0.2) is 5.75 Å². The van der Waals surface area contributed by atoms with Gasteiger partial charge in [0.1, 0.15) is 0 Å². The number of Topliss-reactive ketones (excluding diaryl/α,β-unsaturated/α-hetero) is 1. The molecule has 1 aromatic heterocycles. The van der Waals surface area contributed by atoms with E-state index in [0.29, 0.717) is 10.9 Å². The maximum Gasteiger partial charge on any atom is 0.296 e. The lowest BCUT2D eigenvalue weighted by atomic mass is 9.92. The molecule has 0 aliphatic heterocycles. The average Bonchev–Trinajstić information content (AvgIpc) is 2.91. The third kappa shape index (κ3) is 5.12. The van der Waals surface area contributed by atoms with E-state index in [2.05, 4.69) is 10.3 Å². The van der Waals surface area contributed by atoms with Crippen molar-refractivity contribution in [3.8, 4) is 16.9 Å². The minimum absolute atomic E-state index is 0.0452. The van der Waals surface area contributed by atoms with Gasteiger partial charge in [0.05, 0.1) is 18.4 Å². The Labute approximate surface area is 221 Å². The number of hydrogen-bond donors (Lipinski definition) is 3. The molecule has 0 bridgehead atoms. The molecule has 0 atom stereocenters. The molecule has 5 N–H and O–H groups in total. The van der Waals surface area contributed by atoms with Crippen LogP contribution in [0, 0.1) is 0 Å². The van der Waals surface area contributed by atoms with Crippen LogP contribution in [0.25, 0.3) is 21.9 Å². The van der Waals surface area contributed by atoms with Crippen LogP contribution in [-0.4, -0.2) is 29.7 Å². The van der Waals surface area contributed by atoms with Gasteiger partial charge >= 0.3 is 0 Å². The third-order valence-electron chi connectivity index (χ3n) is 6.42. The molecule has 0 aliphatic rings. The minimum atomic E-state index is -0.891. The van der Waals surface area contributed by atoms with E-state index in [1.54, 1.807) is 32.0 Å². The highest BCUT2D eigenvalue weighted by molar-refractivity contribution is 6.48. The van der Waals surface area contributed by atoms with E-state index < -0.39 is 23.1 Å². The zero-order valence-electron chi connectivity index (χ0n) is 21.8. The van der Waals surface area contributed by atoms with Crippen molar-refractivity contribution in [2.24, 2.45) is 11.5 Å². The Bertz CT molecular complexity index is 1550. The molecule has 0 radical (unpaired) electrons. The first-order valence-electron chi connectivity index (χ1n) is 12.2. The zero-order valence-corrected chi connectivity index (χ0v) is 21.8. The molecule has 194 valence electrons. The summed E-state index contributed by atoms with van der Waals surface area (Å²) in [6.45, 7) is 5.53. The standard InChI is InChI=1S/C30H30N4O4/c1-5-19-11-10-17(16-33-19)20-12-13-23(22-9-7-6-8-21(20)22)26(35)29(37)34-25-15-18(30(2,3)32)14-24(28(31)36)27(25)38-4/h6-16H,5,32H2,1-4H3,(H2,31,36)(H,34,37). The largest absolute Gasteiger partial charge is 0.494 e. The van der Waals surface area contributed by atoms with Crippen molar-refractivity contribution in [1.82, 2.24) is 4.98 Å². The van der Waals surface area contributed by atoms with E-state index in [9.17, 15) is 14.4 Å². The number of fused-ring (bicyclic) bond motifs is 1. The predicted octanol–water partition coefficient (Wildman–Crippen LogP) is 4.59. The summed E-state index contributed by atoms with van der Waals surface area (Å²) in [5.74, 6) is -2.34. The number of benzene rings is 3. The summed E-state index contributed by atoms with van der Waals surface area (Å²) in [5, 5.41) is 4.05. The summed E-state index contributed by atoms with van der Waals surface area (Å²) >= 11 is 0. The molecule has 0 unspecified atom stereocenters. The molecule has 3 aromatic carbocycles. The molecule has 0 fully saturated rings. The van der Waals surface area contributed by atoms with Crippen LogP contribution < -0.4 is 21.5 Å². The van der Waals surface area contributed by atoms with E-state index in [1.807, 2.05) is 49.5 Å². The maximum absolute atomic E-state index is 13.4. The number of ketones is 1. The highest BCUT2D eigenvalue weighted by atomic mass is 16.5. The van der Waals surface area contributed by atoms with Gasteiger partial charge in [-0.1, -0.05) is 43.3 Å². The Morgan fingerprint density at radius 2 is 1.68 bits per heavy atom. The lowest BCUT2D eigenvalue weighted by Crippen LogP contribution is -2.30. The van der Waals surface area contributed by atoms with Gasteiger partial charge in [-0.2, -0.15) is 0 Å². The number of carbonyl (C=O) groups excluding carboxylic acids is 3. The van der Waals surface area contributed by atoms with Crippen LogP contribution in [0.4, 0.5) is 5.69 Å². The van der Waals surface area contributed by atoms with Gasteiger partial charge in [0.2, 0.25) is 0 Å². The minimum Gasteiger partial charge on any atom is -0.494 e. The first-order valence-corrected chi connectivity index (χ1v) is 12.2. The van der Waals surface area contributed by atoms with Crippen molar-refractivity contribution in [3.63, 3.8) is 0 Å². The second kappa shape index (κ2) is 10.4. The Morgan fingerprint density at radius 1 is 0.974 bits per heavy atom.